The average Bonchev–Trinajstić information content (AvgIpc) is 3.23. The van der Waals surface area contributed by atoms with Gasteiger partial charge in [0.1, 0.15) is 6.61 Å². The molecule has 60 heavy (non-hydrogen) atoms. The second kappa shape index (κ2) is 45.2. The van der Waals surface area contributed by atoms with Crippen molar-refractivity contribution < 1.29 is 37.6 Å². The van der Waals surface area contributed by atoms with E-state index in [0.717, 1.165) is 109 Å². The van der Waals surface area contributed by atoms with E-state index in [9.17, 15) is 19.0 Å². The first-order valence-electron chi connectivity index (χ1n) is 23.2. The summed E-state index contributed by atoms with van der Waals surface area (Å²) in [5.41, 5.74) is 0. The predicted molar refractivity (Wildman–Crippen MR) is 253 cm³/mol. The molecule has 2 atom stereocenters. The maximum Gasteiger partial charge on any atom is 0.472 e. The van der Waals surface area contributed by atoms with E-state index in [1.165, 1.54) is 25.7 Å². The Balaban J connectivity index is 4.14. The molecule has 0 heterocycles. The van der Waals surface area contributed by atoms with E-state index in [-0.39, 0.29) is 32.0 Å². The lowest BCUT2D eigenvalue weighted by Crippen LogP contribution is -2.29. The van der Waals surface area contributed by atoms with E-state index < -0.39 is 26.5 Å². The molecule has 8 nitrogen and oxygen atoms in total. The molecule has 0 aliphatic carbocycles. The van der Waals surface area contributed by atoms with Crippen molar-refractivity contribution in [3.05, 3.63) is 109 Å². The summed E-state index contributed by atoms with van der Waals surface area (Å²) in [5, 5.41) is 0. The number of allylic oxidation sites excluding steroid dienone is 18. The van der Waals surface area contributed by atoms with Gasteiger partial charge in [0.2, 0.25) is 0 Å². The summed E-state index contributed by atoms with van der Waals surface area (Å²) in [5.74, 6) is -0.854. The normalized spacial score (nSPS) is 14.3. The lowest BCUT2D eigenvalue weighted by Gasteiger charge is -2.19. The van der Waals surface area contributed by atoms with Crippen LogP contribution in [0.1, 0.15) is 175 Å². The zero-order valence-electron chi connectivity index (χ0n) is 37.8. The molecule has 0 bridgehead atoms. The first-order valence-corrected chi connectivity index (χ1v) is 24.7. The zero-order valence-corrected chi connectivity index (χ0v) is 38.7. The number of unbranched alkanes of at least 4 members (excludes halogenated alkanes) is 11. The lowest BCUT2D eigenvalue weighted by atomic mass is 10.1. The monoisotopic (exact) mass is 855 g/mol. The number of rotatable bonds is 41. The number of hydrogen-bond donors (Lipinski definition) is 1. The van der Waals surface area contributed by atoms with Crippen molar-refractivity contribution in [2.45, 2.75) is 181 Å². The summed E-state index contributed by atoms with van der Waals surface area (Å²) < 4.78 is 32.7. The topological polar surface area (TPSA) is 108 Å². The maximum absolute atomic E-state index is 12.6. The molecule has 340 valence electrons. The van der Waals surface area contributed by atoms with E-state index in [2.05, 4.69) is 123 Å². The van der Waals surface area contributed by atoms with Crippen LogP contribution in [0.5, 0.6) is 0 Å². The van der Waals surface area contributed by atoms with Gasteiger partial charge in [-0.2, -0.15) is 0 Å². The molecule has 0 spiro atoms. The number of phosphoric acid groups is 1. The van der Waals surface area contributed by atoms with E-state index in [0.29, 0.717) is 6.42 Å². The molecule has 0 fully saturated rings. The highest BCUT2D eigenvalue weighted by atomic mass is 31.2. The molecular weight excluding hydrogens is 772 g/mol. The molecule has 0 saturated carbocycles. The SMILES string of the molecule is CC/C=C\C/C=C\C/C=C\C/C=C\C/C=C\CCCCCC(=O)OC(COC(=O)CCCCCCCCCC/C=C\C/C=C\C/C=C\C/C=C\CC)COP(=O)(O)OCC. The van der Waals surface area contributed by atoms with Crippen LogP contribution < -0.4 is 0 Å². The minimum Gasteiger partial charge on any atom is -0.462 e. The highest BCUT2D eigenvalue weighted by Crippen LogP contribution is 2.43. The Kier molecular flexibility index (Phi) is 42.8. The van der Waals surface area contributed by atoms with Crippen LogP contribution in [0.25, 0.3) is 0 Å². The Morgan fingerprint density at radius 2 is 0.800 bits per heavy atom. The number of phosphoric ester groups is 1. The molecule has 0 rings (SSSR count). The molecule has 1 N–H and O–H groups in total. The first-order chi connectivity index (χ1) is 29.3. The van der Waals surface area contributed by atoms with E-state index >= 15 is 0 Å². The van der Waals surface area contributed by atoms with Crippen LogP contribution in [0.2, 0.25) is 0 Å². The smallest absolute Gasteiger partial charge is 0.462 e. The lowest BCUT2D eigenvalue weighted by molar-refractivity contribution is -0.161. The van der Waals surface area contributed by atoms with Crippen LogP contribution in [0.4, 0.5) is 0 Å². The second-order valence-corrected chi connectivity index (χ2v) is 16.1. The van der Waals surface area contributed by atoms with Gasteiger partial charge in [-0.25, -0.2) is 4.57 Å². The molecule has 0 aliphatic rings. The number of ether oxygens (including phenoxy) is 2. The molecule has 0 aliphatic heterocycles. The minimum atomic E-state index is -4.30. The average molecular weight is 855 g/mol. The van der Waals surface area contributed by atoms with Gasteiger partial charge in [0, 0.05) is 12.8 Å². The van der Waals surface area contributed by atoms with Crippen molar-refractivity contribution in [1.82, 2.24) is 0 Å². The third-order valence-corrected chi connectivity index (χ3v) is 10.1. The summed E-state index contributed by atoms with van der Waals surface area (Å²) in [7, 11) is -4.30. The Bertz CT molecular complexity index is 1340. The van der Waals surface area contributed by atoms with Gasteiger partial charge in [-0.15, -0.1) is 0 Å². The maximum atomic E-state index is 12.6. The third kappa shape index (κ3) is 44.3. The molecule has 0 saturated heterocycles. The largest absolute Gasteiger partial charge is 0.472 e. The summed E-state index contributed by atoms with van der Waals surface area (Å²) in [6, 6.07) is 0. The van der Waals surface area contributed by atoms with Crippen LogP contribution in [0.15, 0.2) is 109 Å². The van der Waals surface area contributed by atoms with Crippen molar-refractivity contribution in [2.24, 2.45) is 0 Å². The van der Waals surface area contributed by atoms with Crippen LogP contribution >= 0.6 is 7.82 Å². The first kappa shape index (κ1) is 56.7. The highest BCUT2D eigenvalue weighted by molar-refractivity contribution is 7.47. The molecule has 0 amide bonds. The fourth-order valence-corrected chi connectivity index (χ4v) is 6.52. The Morgan fingerprint density at radius 1 is 0.450 bits per heavy atom. The summed E-state index contributed by atoms with van der Waals surface area (Å²) in [6.07, 6.45) is 61.4. The van der Waals surface area contributed by atoms with Gasteiger partial charge in [-0.1, -0.05) is 168 Å². The van der Waals surface area contributed by atoms with Crippen molar-refractivity contribution in [1.29, 1.82) is 0 Å². The van der Waals surface area contributed by atoms with Gasteiger partial charge in [0.05, 0.1) is 13.2 Å². The quantitative estimate of drug-likeness (QED) is 0.0280. The van der Waals surface area contributed by atoms with E-state index in [4.69, 9.17) is 18.5 Å². The van der Waals surface area contributed by atoms with Crippen LogP contribution in [-0.4, -0.2) is 42.8 Å². The van der Waals surface area contributed by atoms with Gasteiger partial charge in [-0.05, 0) is 103 Å². The van der Waals surface area contributed by atoms with Gasteiger partial charge in [-0.3, -0.25) is 18.6 Å². The third-order valence-electron chi connectivity index (χ3n) is 9.07. The van der Waals surface area contributed by atoms with Gasteiger partial charge >= 0.3 is 19.8 Å². The van der Waals surface area contributed by atoms with Gasteiger partial charge in [0.25, 0.3) is 0 Å². The van der Waals surface area contributed by atoms with Gasteiger partial charge in [0.15, 0.2) is 6.10 Å². The molecule has 9 heteroatoms. The number of carbonyl (C=O) groups excluding carboxylic acids is 2. The fourth-order valence-electron chi connectivity index (χ4n) is 5.76. The molecule has 0 aromatic heterocycles. The van der Waals surface area contributed by atoms with E-state index in [1.807, 2.05) is 0 Å². The standard InChI is InChI=1S/C51H83O8P/c1-4-7-9-11-13-15-17-19-21-23-25-26-28-29-31-33-35-37-39-41-43-45-50(52)56-47-49(48-58-60(54,55)57-6-3)59-51(53)46-44-42-40-38-36-34-32-30-27-24-22-20-18-16-14-12-10-8-5-2/h7-10,13-16,19-22,25-27,30,34,36,49H,4-6,11-12,17-18,23-24,28-29,31-33,35,37-48H2,1-3H3,(H,54,55)/b9-7-,10-8-,15-13-,16-14-,21-19-,22-20-,26-25-,30-27-,36-34-. The van der Waals surface area contributed by atoms with Crippen molar-refractivity contribution in [3.63, 3.8) is 0 Å². The molecule has 2 unspecified atom stereocenters. The van der Waals surface area contributed by atoms with E-state index in [1.54, 1.807) is 6.92 Å². The molecule has 0 aromatic carbocycles. The van der Waals surface area contributed by atoms with Crippen LogP contribution in [0, 0.1) is 0 Å². The van der Waals surface area contributed by atoms with Crippen LogP contribution in [-0.2, 0) is 32.7 Å². The molecule has 0 aromatic rings. The van der Waals surface area contributed by atoms with Crippen molar-refractivity contribution >= 4 is 19.8 Å². The fraction of sp³-hybridized carbons (Fsp3) is 0.608. The van der Waals surface area contributed by atoms with Crippen molar-refractivity contribution in [2.75, 3.05) is 19.8 Å². The minimum absolute atomic E-state index is 0.0144. The summed E-state index contributed by atoms with van der Waals surface area (Å²) >= 11 is 0. The second-order valence-electron chi connectivity index (χ2n) is 14.7. The van der Waals surface area contributed by atoms with Crippen molar-refractivity contribution in [3.8, 4) is 0 Å². The van der Waals surface area contributed by atoms with Crippen LogP contribution in [0.3, 0.4) is 0 Å². The highest BCUT2D eigenvalue weighted by Gasteiger charge is 2.25. The number of hydrogen-bond acceptors (Lipinski definition) is 7. The Labute approximate surface area is 366 Å². The zero-order chi connectivity index (χ0) is 43.9. The number of carbonyl (C=O) groups is 2. The molecule has 0 radical (unpaired) electrons. The summed E-state index contributed by atoms with van der Waals surface area (Å²) in [6.45, 7) is 5.19. The van der Waals surface area contributed by atoms with Gasteiger partial charge < -0.3 is 14.4 Å². The molecular formula is C51H83O8P. The summed E-state index contributed by atoms with van der Waals surface area (Å²) in [4.78, 5) is 34.8. The predicted octanol–water partition coefficient (Wildman–Crippen LogP) is 15.0. The number of esters is 2. The Morgan fingerprint density at radius 3 is 1.22 bits per heavy atom. The Hall–Kier alpha value is -3.29.